The molecule has 4 fully saturated rings. The number of alkyl carbamates (subject to hydrolysis) is 1. The average Bonchev–Trinajstić information content (AvgIpc) is 3.89. The van der Waals surface area contributed by atoms with Crippen molar-refractivity contribution in [3.05, 3.63) is 0 Å². The molecule has 14 atom stereocenters. The molecule has 4 unspecified atom stereocenters. The van der Waals surface area contributed by atoms with E-state index >= 15 is 0 Å². The number of carbonyl (C=O) groups excluding carboxylic acids is 3. The maximum atomic E-state index is 14.3. The second kappa shape index (κ2) is 17.0. The third-order valence-corrected chi connectivity index (χ3v) is 12.1. The predicted octanol–water partition coefficient (Wildman–Crippen LogP) is 2.08. The Balaban J connectivity index is 1.69. The van der Waals surface area contributed by atoms with Crippen LogP contribution in [0.2, 0.25) is 0 Å². The average molecular weight is 727 g/mol. The number of amides is 1. The highest BCUT2D eigenvalue weighted by molar-refractivity contribution is 6.00. The molecule has 0 aromatic rings. The number of Topliss-reactive ketones (excluding diaryl/α,β-unsaturated/α-hetero) is 1. The highest BCUT2D eigenvalue weighted by Crippen LogP contribution is 2.39. The first kappa shape index (κ1) is 41.8. The molecular formula is C37H66N4O10. The van der Waals surface area contributed by atoms with Crippen LogP contribution >= 0.6 is 0 Å². The summed E-state index contributed by atoms with van der Waals surface area (Å²) in [6, 6.07) is -0.698. The zero-order valence-corrected chi connectivity index (χ0v) is 32.7. The molecule has 14 heteroatoms. The highest BCUT2D eigenvalue weighted by Gasteiger charge is 2.57. The van der Waals surface area contributed by atoms with E-state index in [1.807, 2.05) is 53.7 Å². The summed E-state index contributed by atoms with van der Waals surface area (Å²) < 4.78 is 31.3. The van der Waals surface area contributed by atoms with Crippen LogP contribution in [0.15, 0.2) is 0 Å². The van der Waals surface area contributed by atoms with Crippen LogP contribution in [0.3, 0.4) is 0 Å². The molecule has 0 bridgehead atoms. The van der Waals surface area contributed by atoms with Gasteiger partial charge in [-0.25, -0.2) is 4.79 Å². The Bertz CT molecular complexity index is 1210. The van der Waals surface area contributed by atoms with Gasteiger partial charge in [-0.1, -0.05) is 27.7 Å². The Morgan fingerprint density at radius 3 is 2.31 bits per heavy atom. The van der Waals surface area contributed by atoms with Crippen molar-refractivity contribution in [2.45, 2.75) is 159 Å². The molecule has 51 heavy (non-hydrogen) atoms. The normalized spacial score (nSPS) is 42.4. The largest absolute Gasteiger partial charge is 0.457 e. The number of methoxy groups -OCH3 is 1. The van der Waals surface area contributed by atoms with Crippen molar-refractivity contribution < 1.29 is 48.3 Å². The summed E-state index contributed by atoms with van der Waals surface area (Å²) in [5.41, 5.74) is -2.22. The third-order valence-electron chi connectivity index (χ3n) is 12.1. The van der Waals surface area contributed by atoms with E-state index in [0.717, 1.165) is 12.8 Å². The van der Waals surface area contributed by atoms with Crippen LogP contribution in [-0.2, 0) is 33.3 Å². The lowest BCUT2D eigenvalue weighted by molar-refractivity contribution is -0.307. The number of rotatable bonds is 10. The third kappa shape index (κ3) is 9.08. The molecule has 14 nitrogen and oxygen atoms in total. The second-order valence-electron chi connectivity index (χ2n) is 16.2. The number of fused-ring (bicyclic) bond motifs is 1. The van der Waals surface area contributed by atoms with Gasteiger partial charge in [0.15, 0.2) is 17.7 Å². The minimum atomic E-state index is -1.20. The molecule has 3 heterocycles. The van der Waals surface area contributed by atoms with Gasteiger partial charge in [-0.15, -0.1) is 0 Å². The molecule has 0 radical (unpaired) electrons. The van der Waals surface area contributed by atoms with Crippen molar-refractivity contribution in [2.24, 2.45) is 17.8 Å². The minimum Gasteiger partial charge on any atom is -0.457 e. The lowest BCUT2D eigenvalue weighted by Crippen LogP contribution is -2.61. The van der Waals surface area contributed by atoms with E-state index in [1.54, 1.807) is 14.0 Å². The number of nitrogens with zero attached hydrogens (tertiary/aromatic N) is 2. The fourth-order valence-electron chi connectivity index (χ4n) is 8.62. The molecule has 0 aromatic carbocycles. The molecule has 3 saturated heterocycles. The Morgan fingerprint density at radius 1 is 1.08 bits per heavy atom. The van der Waals surface area contributed by atoms with E-state index in [2.05, 4.69) is 22.5 Å². The first-order valence-electron chi connectivity index (χ1n) is 19.0. The smallest absolute Gasteiger partial charge is 0.408 e. The molecule has 294 valence electrons. The van der Waals surface area contributed by atoms with Crippen molar-refractivity contribution >= 4 is 17.8 Å². The van der Waals surface area contributed by atoms with Gasteiger partial charge in [-0.05, 0) is 92.9 Å². The number of esters is 1. The van der Waals surface area contributed by atoms with Gasteiger partial charge in [0.1, 0.15) is 18.1 Å². The number of likely N-dealkylation sites (N-methyl/N-ethyl adjacent to an activating group) is 2. The van der Waals surface area contributed by atoms with Crippen LogP contribution < -0.4 is 10.6 Å². The molecule has 1 amide bonds. The van der Waals surface area contributed by atoms with Crippen LogP contribution in [-0.4, -0.2) is 151 Å². The van der Waals surface area contributed by atoms with E-state index in [1.165, 1.54) is 6.92 Å². The quantitative estimate of drug-likeness (QED) is 0.191. The standard InChI is InChI=1S/C37H66N4O10/c1-12-28-37(13-2)31(39-35(46)51-37)23(6)38-18-20(3)17-36(7,47-11)32(21(4)29(43)22(5)33(45)49-28)50-34-30(44)25(40(8)9)16-27(48-34)26(42)19-41(10)24-14-15-24/h20-28,30-32,34,38,42,44H,12-19H2,1-11H3,(H,39,46)/t20-,21+,22?,23-,25?,26?,27+,28-,30?,31-,32-,34+,36-,37-/m1/s1. The number of nitrogens with one attached hydrogen (secondary N) is 2. The van der Waals surface area contributed by atoms with Crippen LogP contribution in [0.4, 0.5) is 4.79 Å². The van der Waals surface area contributed by atoms with Crippen molar-refractivity contribution in [1.82, 2.24) is 20.4 Å². The van der Waals surface area contributed by atoms with Gasteiger partial charge in [-0.2, -0.15) is 0 Å². The highest BCUT2D eigenvalue weighted by atomic mass is 16.7. The molecule has 4 rings (SSSR count). The molecule has 0 aromatic heterocycles. The Labute approximate surface area is 304 Å². The van der Waals surface area contributed by atoms with Crippen LogP contribution in [0.5, 0.6) is 0 Å². The van der Waals surface area contributed by atoms with E-state index in [0.29, 0.717) is 44.8 Å². The Kier molecular flexibility index (Phi) is 14.0. The molecule has 1 saturated carbocycles. The maximum Gasteiger partial charge on any atom is 0.408 e. The summed E-state index contributed by atoms with van der Waals surface area (Å²) in [5, 5.41) is 29.5. The number of ether oxygens (including phenoxy) is 5. The van der Waals surface area contributed by atoms with Gasteiger partial charge in [0, 0.05) is 37.7 Å². The zero-order valence-electron chi connectivity index (χ0n) is 32.7. The maximum absolute atomic E-state index is 14.3. The number of hydrogen-bond donors (Lipinski definition) is 4. The number of cyclic esters (lactones) is 1. The van der Waals surface area contributed by atoms with Gasteiger partial charge in [0.05, 0.1) is 30.0 Å². The van der Waals surface area contributed by atoms with Crippen LogP contribution in [0, 0.1) is 17.8 Å². The minimum absolute atomic E-state index is 0.0125. The first-order valence-corrected chi connectivity index (χ1v) is 19.0. The van der Waals surface area contributed by atoms with Crippen LogP contribution in [0.25, 0.3) is 0 Å². The van der Waals surface area contributed by atoms with Crippen LogP contribution in [0.1, 0.15) is 87.0 Å². The Hall–Kier alpha value is -1.91. The monoisotopic (exact) mass is 726 g/mol. The summed E-state index contributed by atoms with van der Waals surface area (Å²) in [7, 11) is 7.29. The molecular weight excluding hydrogens is 660 g/mol. The summed E-state index contributed by atoms with van der Waals surface area (Å²) in [6.07, 6.45) is -2.30. The summed E-state index contributed by atoms with van der Waals surface area (Å²) in [5.74, 6) is -3.24. The van der Waals surface area contributed by atoms with E-state index in [-0.39, 0.29) is 12.0 Å². The fraction of sp³-hybridized carbons (Fsp3) is 0.919. The van der Waals surface area contributed by atoms with Crippen molar-refractivity contribution in [2.75, 3.05) is 41.3 Å². The molecule has 1 aliphatic carbocycles. The van der Waals surface area contributed by atoms with Crippen molar-refractivity contribution in [3.8, 4) is 0 Å². The molecule has 0 spiro atoms. The van der Waals surface area contributed by atoms with Crippen molar-refractivity contribution in [3.63, 3.8) is 0 Å². The number of aliphatic hydroxyl groups is 2. The lowest BCUT2D eigenvalue weighted by Gasteiger charge is -2.48. The SMILES string of the molecule is CC[C@H]1OC(=O)C(C)C(=O)[C@H](C)[C@@H](O[C@@H]2O[C@H](C(O)CN(C)C3CC3)CC(N(C)C)C2O)[C@](C)(OC)C[C@@H](C)CN[C@H](C)[C@H]2NC(=O)O[C@@]21CC. The van der Waals surface area contributed by atoms with E-state index in [9.17, 15) is 24.6 Å². The van der Waals surface area contributed by atoms with Crippen molar-refractivity contribution in [1.29, 1.82) is 0 Å². The summed E-state index contributed by atoms with van der Waals surface area (Å²) >= 11 is 0. The summed E-state index contributed by atoms with van der Waals surface area (Å²) in [4.78, 5) is 44.8. The number of ketones is 1. The van der Waals surface area contributed by atoms with E-state index in [4.69, 9.17) is 23.7 Å². The lowest BCUT2D eigenvalue weighted by atomic mass is 9.78. The van der Waals surface area contributed by atoms with Gasteiger partial charge >= 0.3 is 12.1 Å². The number of hydrogen-bond acceptors (Lipinski definition) is 13. The molecule has 4 N–H and O–H groups in total. The molecule has 4 aliphatic rings. The topological polar surface area (TPSA) is 168 Å². The predicted molar refractivity (Wildman–Crippen MR) is 190 cm³/mol. The molecule has 3 aliphatic heterocycles. The van der Waals surface area contributed by atoms with Gasteiger partial charge in [0.25, 0.3) is 0 Å². The van der Waals surface area contributed by atoms with Gasteiger partial charge in [-0.3, -0.25) is 9.59 Å². The van der Waals surface area contributed by atoms with E-state index < -0.39 is 89.8 Å². The van der Waals surface area contributed by atoms with Gasteiger partial charge < -0.3 is 54.3 Å². The number of carbonyl (C=O) groups is 3. The fourth-order valence-corrected chi connectivity index (χ4v) is 8.62. The summed E-state index contributed by atoms with van der Waals surface area (Å²) in [6.45, 7) is 13.8. The second-order valence-corrected chi connectivity index (χ2v) is 16.2. The number of aliphatic hydroxyl groups excluding tert-OH is 2. The van der Waals surface area contributed by atoms with Gasteiger partial charge in [0.2, 0.25) is 0 Å². The first-order chi connectivity index (χ1) is 23.9. The zero-order chi connectivity index (χ0) is 38.0. The Morgan fingerprint density at radius 2 is 1.75 bits per heavy atom.